The van der Waals surface area contributed by atoms with Gasteiger partial charge in [-0.15, -0.1) is 0 Å². The van der Waals surface area contributed by atoms with Crippen LogP contribution in [0.3, 0.4) is 0 Å². The third-order valence-electron chi connectivity index (χ3n) is 6.92. The first-order valence-electron chi connectivity index (χ1n) is 11.6. The minimum atomic E-state index is -0.658. The predicted molar refractivity (Wildman–Crippen MR) is 133 cm³/mol. The van der Waals surface area contributed by atoms with Gasteiger partial charge < -0.3 is 24.4 Å². The molecular formula is C28H28N2O5. The second-order valence-electron chi connectivity index (χ2n) is 8.86. The molecule has 0 saturated heterocycles. The summed E-state index contributed by atoms with van der Waals surface area (Å²) < 4.78 is 16.5. The third kappa shape index (κ3) is 3.77. The zero-order chi connectivity index (χ0) is 24.7. The lowest BCUT2D eigenvalue weighted by molar-refractivity contribution is -0.119. The highest BCUT2D eigenvalue weighted by atomic mass is 16.5. The molecule has 0 aliphatic carbocycles. The summed E-state index contributed by atoms with van der Waals surface area (Å²) in [5, 5.41) is 3.08. The van der Waals surface area contributed by atoms with Gasteiger partial charge >= 0.3 is 0 Å². The second-order valence-corrected chi connectivity index (χ2v) is 8.86. The summed E-state index contributed by atoms with van der Waals surface area (Å²) in [6, 6.07) is 16.7. The zero-order valence-electron chi connectivity index (χ0n) is 20.3. The molecular weight excluding hydrogens is 444 g/mol. The molecule has 0 spiro atoms. The van der Waals surface area contributed by atoms with Gasteiger partial charge in [0.2, 0.25) is 5.91 Å². The monoisotopic (exact) mass is 472 g/mol. The molecule has 2 aliphatic rings. The number of hydrogen-bond acceptors (Lipinski definition) is 5. The Balaban J connectivity index is 1.69. The molecule has 0 saturated carbocycles. The second kappa shape index (κ2) is 8.98. The summed E-state index contributed by atoms with van der Waals surface area (Å²) in [4.78, 5) is 29.6. The number of benzene rings is 3. The first kappa shape index (κ1) is 22.8. The van der Waals surface area contributed by atoms with Crippen molar-refractivity contribution >= 4 is 17.5 Å². The van der Waals surface area contributed by atoms with Crippen LogP contribution >= 0.6 is 0 Å². The molecule has 7 nitrogen and oxygen atoms in total. The molecule has 1 N–H and O–H groups in total. The topological polar surface area (TPSA) is 77.1 Å². The van der Waals surface area contributed by atoms with Crippen LogP contribution in [0.25, 0.3) is 0 Å². The van der Waals surface area contributed by atoms with E-state index in [0.717, 1.165) is 23.1 Å². The van der Waals surface area contributed by atoms with Crippen LogP contribution in [0.2, 0.25) is 0 Å². The normalized spacial score (nSPS) is 18.2. The van der Waals surface area contributed by atoms with Gasteiger partial charge in [-0.2, -0.15) is 0 Å². The van der Waals surface area contributed by atoms with E-state index in [-0.39, 0.29) is 11.8 Å². The van der Waals surface area contributed by atoms with Gasteiger partial charge in [0.05, 0.1) is 39.0 Å². The van der Waals surface area contributed by atoms with Gasteiger partial charge in [0.1, 0.15) is 5.75 Å². The van der Waals surface area contributed by atoms with E-state index >= 15 is 0 Å². The Bertz CT molecular complexity index is 1320. The molecule has 2 amide bonds. The highest BCUT2D eigenvalue weighted by molar-refractivity contribution is 6.05. The Labute approximate surface area is 204 Å². The number of carbonyl (C=O) groups excluding carboxylic acids is 2. The number of fused-ring (bicyclic) bond motifs is 4. The summed E-state index contributed by atoms with van der Waals surface area (Å²) in [5.41, 5.74) is 4.80. The maximum atomic E-state index is 14.1. The summed E-state index contributed by atoms with van der Waals surface area (Å²) in [5.74, 6) is 0.509. The highest BCUT2D eigenvalue weighted by Gasteiger charge is 2.47. The van der Waals surface area contributed by atoms with Gasteiger partial charge in [-0.1, -0.05) is 30.3 Å². The fraction of sp³-hybridized carbons (Fsp3) is 0.286. The number of amides is 2. The minimum Gasteiger partial charge on any atom is -0.495 e. The van der Waals surface area contributed by atoms with Crippen LogP contribution in [0.4, 0.5) is 5.69 Å². The summed E-state index contributed by atoms with van der Waals surface area (Å²) in [7, 11) is 4.65. The van der Waals surface area contributed by atoms with Crippen molar-refractivity contribution < 1.29 is 23.8 Å². The van der Waals surface area contributed by atoms with E-state index in [4.69, 9.17) is 14.2 Å². The number of hydrogen-bond donors (Lipinski definition) is 1. The largest absolute Gasteiger partial charge is 0.495 e. The van der Waals surface area contributed by atoms with Gasteiger partial charge in [-0.3, -0.25) is 9.59 Å². The van der Waals surface area contributed by atoms with Gasteiger partial charge in [0.15, 0.2) is 11.5 Å². The van der Waals surface area contributed by atoms with E-state index in [1.165, 1.54) is 7.11 Å². The number of rotatable bonds is 5. The van der Waals surface area contributed by atoms with Crippen LogP contribution in [0.1, 0.15) is 44.6 Å². The van der Waals surface area contributed by atoms with Crippen LogP contribution < -0.4 is 19.5 Å². The maximum Gasteiger partial charge on any atom is 0.254 e. The van der Waals surface area contributed by atoms with Crippen LogP contribution in [-0.2, 0) is 11.2 Å². The molecule has 2 unspecified atom stereocenters. The number of methoxy groups -OCH3 is 3. The van der Waals surface area contributed by atoms with E-state index in [2.05, 4.69) is 11.4 Å². The molecule has 35 heavy (non-hydrogen) atoms. The average molecular weight is 473 g/mol. The average Bonchev–Trinajstić information content (AvgIpc) is 2.88. The number of nitrogens with zero attached hydrogens (tertiary/aromatic N) is 1. The number of ether oxygens (including phenoxy) is 3. The van der Waals surface area contributed by atoms with Crippen LogP contribution in [0, 0.1) is 6.92 Å². The smallest absolute Gasteiger partial charge is 0.254 e. The molecule has 0 aromatic heterocycles. The Hall–Kier alpha value is -4.00. The number of anilines is 1. The molecule has 0 radical (unpaired) electrons. The van der Waals surface area contributed by atoms with Crippen LogP contribution in [-0.4, -0.2) is 44.6 Å². The first-order chi connectivity index (χ1) is 17.0. The lowest BCUT2D eigenvalue weighted by Gasteiger charge is -2.45. The van der Waals surface area contributed by atoms with Gasteiger partial charge in [0, 0.05) is 12.1 Å². The molecule has 7 heteroatoms. The fourth-order valence-corrected chi connectivity index (χ4v) is 5.26. The summed E-state index contributed by atoms with van der Waals surface area (Å²) >= 11 is 0. The van der Waals surface area contributed by atoms with Crippen molar-refractivity contribution in [3.8, 4) is 17.2 Å². The summed E-state index contributed by atoms with van der Waals surface area (Å²) in [6.07, 6.45) is 0.737. The maximum absolute atomic E-state index is 14.1. The van der Waals surface area contributed by atoms with Gasteiger partial charge in [-0.05, 0) is 59.9 Å². The fourth-order valence-electron chi connectivity index (χ4n) is 5.26. The lowest BCUT2D eigenvalue weighted by atomic mass is 9.75. The van der Waals surface area contributed by atoms with Gasteiger partial charge in [0.25, 0.3) is 5.91 Å². The van der Waals surface area contributed by atoms with Crippen molar-refractivity contribution in [2.45, 2.75) is 25.3 Å². The van der Waals surface area contributed by atoms with Crippen LogP contribution in [0.5, 0.6) is 17.2 Å². The summed E-state index contributed by atoms with van der Waals surface area (Å²) in [6.45, 7) is 2.49. The number of carbonyl (C=O) groups is 2. The standard InChI is InChI=1S/C28H28N2O5/c1-16-9-10-22(33-2)21(13-16)29-27(31)25-19-14-23(34-3)24(35-4)15-20(19)28(32)30-12-11-17-7-5-6-8-18(17)26(25)30/h5-10,13-15,25-26H,11-12H2,1-4H3,(H,29,31). The molecule has 3 aromatic rings. The van der Waals surface area contributed by atoms with Crippen molar-refractivity contribution in [3.63, 3.8) is 0 Å². The molecule has 0 fully saturated rings. The van der Waals surface area contributed by atoms with Crippen molar-refractivity contribution in [3.05, 3.63) is 82.4 Å². The zero-order valence-corrected chi connectivity index (χ0v) is 20.3. The van der Waals surface area contributed by atoms with Gasteiger partial charge in [-0.25, -0.2) is 0 Å². The molecule has 2 atom stereocenters. The Morgan fingerprint density at radius 1 is 0.914 bits per heavy atom. The Kier molecular flexibility index (Phi) is 5.84. The minimum absolute atomic E-state index is 0.113. The Morgan fingerprint density at radius 3 is 2.37 bits per heavy atom. The molecule has 2 heterocycles. The number of nitrogens with one attached hydrogen (secondary N) is 1. The Morgan fingerprint density at radius 2 is 1.63 bits per heavy atom. The van der Waals surface area contributed by atoms with Crippen molar-refractivity contribution in [2.24, 2.45) is 0 Å². The number of aryl methyl sites for hydroxylation is 1. The van der Waals surface area contributed by atoms with Crippen molar-refractivity contribution in [1.82, 2.24) is 4.90 Å². The predicted octanol–water partition coefficient (Wildman–Crippen LogP) is 4.50. The third-order valence-corrected chi connectivity index (χ3v) is 6.92. The van der Waals surface area contributed by atoms with E-state index in [0.29, 0.717) is 40.6 Å². The molecule has 0 bridgehead atoms. The van der Waals surface area contributed by atoms with E-state index in [1.807, 2.05) is 48.2 Å². The van der Waals surface area contributed by atoms with E-state index < -0.39 is 12.0 Å². The van der Waals surface area contributed by atoms with Crippen molar-refractivity contribution in [2.75, 3.05) is 33.2 Å². The van der Waals surface area contributed by atoms with E-state index in [9.17, 15) is 9.59 Å². The SMILES string of the molecule is COc1ccc(C)cc1NC(=O)C1c2cc(OC)c(OC)cc2C(=O)N2CCc3ccccc3C12. The molecule has 5 rings (SSSR count). The lowest BCUT2D eigenvalue weighted by Crippen LogP contribution is -2.49. The first-order valence-corrected chi connectivity index (χ1v) is 11.6. The van der Waals surface area contributed by atoms with Crippen LogP contribution in [0.15, 0.2) is 54.6 Å². The highest BCUT2D eigenvalue weighted by Crippen LogP contribution is 2.49. The van der Waals surface area contributed by atoms with E-state index in [1.54, 1.807) is 26.4 Å². The molecule has 2 aliphatic heterocycles. The molecule has 180 valence electrons. The quantitative estimate of drug-likeness (QED) is 0.592. The molecule has 3 aromatic carbocycles. The van der Waals surface area contributed by atoms with Crippen molar-refractivity contribution in [1.29, 1.82) is 0 Å².